The molecular weight excluding hydrogens is 476 g/mol. The Labute approximate surface area is 224 Å². The number of carbonyl (C=O) groups excluding carboxylic acids is 1. The molecular formula is C31H36N4O3. The third-order valence-electron chi connectivity index (χ3n) is 6.72. The summed E-state index contributed by atoms with van der Waals surface area (Å²) < 4.78 is 7.24. The Kier molecular flexibility index (Phi) is 8.15. The lowest BCUT2D eigenvalue weighted by molar-refractivity contribution is 0.171. The lowest BCUT2D eigenvalue weighted by Gasteiger charge is -2.34. The van der Waals surface area contributed by atoms with Crippen LogP contribution in [0.3, 0.4) is 0 Å². The van der Waals surface area contributed by atoms with E-state index in [1.807, 2.05) is 81.4 Å². The normalized spacial score (nSPS) is 12.0. The molecule has 1 aromatic heterocycles. The summed E-state index contributed by atoms with van der Waals surface area (Å²) >= 11 is 0. The van der Waals surface area contributed by atoms with Gasteiger partial charge in [0.15, 0.2) is 0 Å². The van der Waals surface area contributed by atoms with Crippen molar-refractivity contribution in [2.75, 3.05) is 19.0 Å². The molecule has 0 saturated carbocycles. The van der Waals surface area contributed by atoms with Gasteiger partial charge in [0, 0.05) is 12.2 Å². The lowest BCUT2D eigenvalue weighted by atomic mass is 10.1. The average molecular weight is 513 g/mol. The highest BCUT2D eigenvalue weighted by Gasteiger charge is 2.30. The Morgan fingerprint density at radius 1 is 1.00 bits per heavy atom. The van der Waals surface area contributed by atoms with Crippen molar-refractivity contribution in [3.63, 3.8) is 0 Å². The summed E-state index contributed by atoms with van der Waals surface area (Å²) in [5, 5.41) is 3.66. The first-order valence-electron chi connectivity index (χ1n) is 13.1. The Bertz CT molecular complexity index is 1490. The van der Waals surface area contributed by atoms with Crippen LogP contribution < -0.4 is 15.6 Å². The van der Waals surface area contributed by atoms with E-state index in [1.54, 1.807) is 22.6 Å². The zero-order valence-corrected chi connectivity index (χ0v) is 23.0. The molecule has 0 aliphatic carbocycles. The Morgan fingerprint density at radius 3 is 2.32 bits per heavy atom. The molecule has 0 radical (unpaired) electrons. The highest BCUT2D eigenvalue weighted by atomic mass is 16.5. The van der Waals surface area contributed by atoms with Crippen molar-refractivity contribution in [2.24, 2.45) is 5.92 Å². The molecule has 2 amide bonds. The minimum absolute atomic E-state index is 0.194. The summed E-state index contributed by atoms with van der Waals surface area (Å²) in [5.41, 5.74) is 3.77. The largest absolute Gasteiger partial charge is 0.495 e. The second-order valence-corrected chi connectivity index (χ2v) is 9.97. The number of methoxy groups -OCH3 is 1. The maximum atomic E-state index is 14.0. The molecule has 0 aliphatic rings. The lowest BCUT2D eigenvalue weighted by Crippen LogP contribution is -2.43. The molecule has 0 bridgehead atoms. The number of rotatable bonds is 8. The van der Waals surface area contributed by atoms with Gasteiger partial charge in [-0.25, -0.2) is 9.78 Å². The molecule has 38 heavy (non-hydrogen) atoms. The standard InChI is InChI=1S/C31H36N4O3/c1-7-25(34(19-20(2)3)31(37)33-28-21(4)13-12-14-22(28)5)29-32-24-16-9-8-15-23(24)30(36)35(29)26-17-10-11-18-27(26)38-6/h8-18,20,25H,7,19H2,1-6H3,(H,33,37). The molecule has 1 heterocycles. The summed E-state index contributed by atoms with van der Waals surface area (Å²) in [7, 11) is 1.58. The van der Waals surface area contributed by atoms with Crippen molar-refractivity contribution in [2.45, 2.75) is 47.1 Å². The van der Waals surface area contributed by atoms with Gasteiger partial charge in [-0.1, -0.05) is 63.2 Å². The maximum Gasteiger partial charge on any atom is 0.322 e. The molecule has 0 spiro atoms. The van der Waals surface area contributed by atoms with E-state index < -0.39 is 6.04 Å². The number of carbonyl (C=O) groups is 1. The van der Waals surface area contributed by atoms with Crippen molar-refractivity contribution in [1.82, 2.24) is 14.5 Å². The number of urea groups is 1. The molecule has 1 N–H and O–H groups in total. The van der Waals surface area contributed by atoms with E-state index in [2.05, 4.69) is 19.2 Å². The number of aryl methyl sites for hydroxylation is 2. The third kappa shape index (κ3) is 5.28. The number of para-hydroxylation sites is 4. The number of benzene rings is 3. The molecule has 0 saturated heterocycles. The van der Waals surface area contributed by atoms with Crippen LogP contribution in [-0.4, -0.2) is 34.1 Å². The zero-order chi connectivity index (χ0) is 27.4. The van der Waals surface area contributed by atoms with Gasteiger partial charge in [0.2, 0.25) is 0 Å². The fraction of sp³-hybridized carbons (Fsp3) is 0.323. The number of nitrogens with zero attached hydrogens (tertiary/aromatic N) is 3. The van der Waals surface area contributed by atoms with E-state index in [0.29, 0.717) is 41.1 Å². The quantitative estimate of drug-likeness (QED) is 0.287. The fourth-order valence-electron chi connectivity index (χ4n) is 4.90. The molecule has 0 fully saturated rings. The number of amides is 2. The predicted octanol–water partition coefficient (Wildman–Crippen LogP) is 6.65. The number of hydrogen-bond acceptors (Lipinski definition) is 4. The minimum Gasteiger partial charge on any atom is -0.495 e. The predicted molar refractivity (Wildman–Crippen MR) is 153 cm³/mol. The number of nitrogens with one attached hydrogen (secondary N) is 1. The first-order chi connectivity index (χ1) is 18.3. The van der Waals surface area contributed by atoms with Gasteiger partial charge in [-0.2, -0.15) is 0 Å². The summed E-state index contributed by atoms with van der Waals surface area (Å²) in [6.45, 7) is 10.6. The number of hydrogen-bond donors (Lipinski definition) is 1. The van der Waals surface area contributed by atoms with E-state index in [9.17, 15) is 9.59 Å². The van der Waals surface area contributed by atoms with Crippen LogP contribution in [0, 0.1) is 19.8 Å². The van der Waals surface area contributed by atoms with Gasteiger partial charge in [0.05, 0.1) is 29.7 Å². The summed E-state index contributed by atoms with van der Waals surface area (Å²) in [4.78, 5) is 34.7. The second-order valence-electron chi connectivity index (χ2n) is 9.97. The molecule has 4 rings (SSSR count). The number of ether oxygens (including phenoxy) is 1. The Balaban J connectivity index is 1.93. The monoisotopic (exact) mass is 512 g/mol. The molecule has 198 valence electrons. The highest BCUT2D eigenvalue weighted by molar-refractivity contribution is 5.91. The van der Waals surface area contributed by atoms with Crippen LogP contribution in [0.5, 0.6) is 5.75 Å². The van der Waals surface area contributed by atoms with Gasteiger partial charge in [-0.3, -0.25) is 9.36 Å². The van der Waals surface area contributed by atoms with Crippen LogP contribution in [0.1, 0.15) is 50.2 Å². The van der Waals surface area contributed by atoms with Crippen LogP contribution >= 0.6 is 0 Å². The van der Waals surface area contributed by atoms with Crippen molar-refractivity contribution < 1.29 is 9.53 Å². The summed E-state index contributed by atoms with van der Waals surface area (Å²) in [6.07, 6.45) is 0.562. The molecule has 1 unspecified atom stereocenters. The highest BCUT2D eigenvalue weighted by Crippen LogP contribution is 2.31. The topological polar surface area (TPSA) is 76.5 Å². The minimum atomic E-state index is -0.469. The summed E-state index contributed by atoms with van der Waals surface area (Å²) in [5.74, 6) is 1.25. The number of fused-ring (bicyclic) bond motifs is 1. The number of aromatic nitrogens is 2. The molecule has 0 aliphatic heterocycles. The molecule has 4 aromatic rings. The smallest absolute Gasteiger partial charge is 0.322 e. The van der Waals surface area contributed by atoms with Crippen LogP contribution in [-0.2, 0) is 0 Å². The van der Waals surface area contributed by atoms with Crippen molar-refractivity contribution in [3.05, 3.63) is 94.0 Å². The van der Waals surface area contributed by atoms with E-state index in [1.165, 1.54) is 0 Å². The van der Waals surface area contributed by atoms with E-state index >= 15 is 0 Å². The van der Waals surface area contributed by atoms with E-state index in [0.717, 1.165) is 16.8 Å². The summed E-state index contributed by atoms with van der Waals surface area (Å²) in [6, 6.07) is 20.0. The van der Waals surface area contributed by atoms with Gasteiger partial charge >= 0.3 is 6.03 Å². The molecule has 7 heteroatoms. The second kappa shape index (κ2) is 11.5. The van der Waals surface area contributed by atoms with Crippen molar-refractivity contribution in [3.8, 4) is 11.4 Å². The van der Waals surface area contributed by atoms with Crippen molar-refractivity contribution in [1.29, 1.82) is 0 Å². The maximum absolute atomic E-state index is 14.0. The Morgan fingerprint density at radius 2 is 1.66 bits per heavy atom. The molecule has 1 atom stereocenters. The average Bonchev–Trinajstić information content (AvgIpc) is 2.90. The fourth-order valence-corrected chi connectivity index (χ4v) is 4.90. The van der Waals surface area contributed by atoms with Gasteiger partial charge in [-0.05, 0) is 61.6 Å². The van der Waals surface area contributed by atoms with Gasteiger partial charge < -0.3 is 15.0 Å². The first-order valence-corrected chi connectivity index (χ1v) is 13.1. The van der Waals surface area contributed by atoms with Gasteiger partial charge in [0.25, 0.3) is 5.56 Å². The first kappa shape index (κ1) is 26.9. The molecule has 3 aromatic carbocycles. The van der Waals surface area contributed by atoms with Gasteiger partial charge in [0.1, 0.15) is 11.6 Å². The van der Waals surface area contributed by atoms with Crippen molar-refractivity contribution >= 4 is 22.6 Å². The SMILES string of the molecule is CCC(c1nc2ccccc2c(=O)n1-c1ccccc1OC)N(CC(C)C)C(=O)Nc1c(C)cccc1C. The molecule has 7 nitrogen and oxygen atoms in total. The third-order valence-corrected chi connectivity index (χ3v) is 6.72. The van der Waals surface area contributed by atoms with Crippen LogP contribution in [0.25, 0.3) is 16.6 Å². The van der Waals surface area contributed by atoms with Crippen LogP contribution in [0.4, 0.5) is 10.5 Å². The number of anilines is 1. The van der Waals surface area contributed by atoms with E-state index in [4.69, 9.17) is 9.72 Å². The van der Waals surface area contributed by atoms with E-state index in [-0.39, 0.29) is 17.5 Å². The Hall–Kier alpha value is -4.13. The van der Waals surface area contributed by atoms with Gasteiger partial charge in [-0.15, -0.1) is 0 Å². The zero-order valence-electron chi connectivity index (χ0n) is 23.0. The van der Waals surface area contributed by atoms with Crippen LogP contribution in [0.2, 0.25) is 0 Å². The van der Waals surface area contributed by atoms with Crippen LogP contribution in [0.15, 0.2) is 71.5 Å².